The first-order chi connectivity index (χ1) is 9.70. The molecule has 1 spiro atoms. The van der Waals surface area contributed by atoms with E-state index in [1.54, 1.807) is 0 Å². The Balaban J connectivity index is 1.66. The average molecular weight is 279 g/mol. The third kappa shape index (κ3) is 2.94. The lowest BCUT2D eigenvalue weighted by molar-refractivity contribution is -0.140. The zero-order valence-electron chi connectivity index (χ0n) is 12.6. The van der Waals surface area contributed by atoms with Gasteiger partial charge in [-0.3, -0.25) is 4.79 Å². The van der Waals surface area contributed by atoms with E-state index in [9.17, 15) is 4.79 Å². The first kappa shape index (κ1) is 14.5. The second kappa shape index (κ2) is 6.15. The van der Waals surface area contributed by atoms with E-state index in [0.717, 1.165) is 45.1 Å². The summed E-state index contributed by atoms with van der Waals surface area (Å²) in [6.07, 6.45) is 12.4. The molecule has 2 saturated carbocycles. The minimum atomic E-state index is 0.0490. The summed E-state index contributed by atoms with van der Waals surface area (Å²) in [7, 11) is 0. The monoisotopic (exact) mass is 279 g/mol. The van der Waals surface area contributed by atoms with Crippen molar-refractivity contribution >= 4 is 5.78 Å². The standard InChI is InChI=1S/C17H29NO2/c18-15-7-3-1-2-6-14(15)16(19)13-8-11-20-17(12-13)9-4-5-10-17/h13-15H,1-12,18H2. The molecular weight excluding hydrogens is 250 g/mol. The van der Waals surface area contributed by atoms with Crippen LogP contribution < -0.4 is 5.73 Å². The molecule has 0 radical (unpaired) electrons. The number of rotatable bonds is 2. The van der Waals surface area contributed by atoms with Crippen molar-refractivity contribution in [3.8, 4) is 0 Å². The van der Waals surface area contributed by atoms with Gasteiger partial charge in [0.15, 0.2) is 0 Å². The molecule has 1 aliphatic heterocycles. The molecule has 3 rings (SSSR count). The largest absolute Gasteiger partial charge is 0.375 e. The highest BCUT2D eigenvalue weighted by atomic mass is 16.5. The number of ketones is 1. The summed E-state index contributed by atoms with van der Waals surface area (Å²) < 4.78 is 6.06. The van der Waals surface area contributed by atoms with E-state index < -0.39 is 0 Å². The zero-order valence-corrected chi connectivity index (χ0v) is 12.6. The molecule has 1 heterocycles. The first-order valence-corrected chi connectivity index (χ1v) is 8.63. The molecular formula is C17H29NO2. The van der Waals surface area contributed by atoms with E-state index >= 15 is 0 Å². The van der Waals surface area contributed by atoms with Crippen LogP contribution in [0, 0.1) is 11.8 Å². The fraction of sp³-hybridized carbons (Fsp3) is 0.941. The van der Waals surface area contributed by atoms with Gasteiger partial charge in [0.1, 0.15) is 5.78 Å². The summed E-state index contributed by atoms with van der Waals surface area (Å²) in [4.78, 5) is 12.9. The quantitative estimate of drug-likeness (QED) is 0.790. The highest BCUT2D eigenvalue weighted by Gasteiger charge is 2.43. The number of nitrogens with two attached hydrogens (primary N) is 1. The van der Waals surface area contributed by atoms with Crippen molar-refractivity contribution in [1.29, 1.82) is 0 Å². The van der Waals surface area contributed by atoms with Crippen molar-refractivity contribution in [3.05, 3.63) is 0 Å². The molecule has 3 fully saturated rings. The van der Waals surface area contributed by atoms with Crippen LogP contribution in [0.3, 0.4) is 0 Å². The third-order valence-electron chi connectivity index (χ3n) is 5.84. The van der Waals surface area contributed by atoms with Crippen LogP contribution in [0.4, 0.5) is 0 Å². The maximum Gasteiger partial charge on any atom is 0.140 e. The molecule has 1 saturated heterocycles. The molecule has 0 aromatic carbocycles. The van der Waals surface area contributed by atoms with Gasteiger partial charge in [0.05, 0.1) is 5.60 Å². The lowest BCUT2D eigenvalue weighted by atomic mass is 9.76. The van der Waals surface area contributed by atoms with Crippen LogP contribution in [0.1, 0.15) is 70.6 Å². The predicted octanol–water partition coefficient (Wildman–Crippen LogP) is 3.20. The number of hydrogen-bond donors (Lipinski definition) is 1. The van der Waals surface area contributed by atoms with E-state index in [2.05, 4.69) is 0 Å². The van der Waals surface area contributed by atoms with Crippen LogP contribution in [0.25, 0.3) is 0 Å². The molecule has 20 heavy (non-hydrogen) atoms. The van der Waals surface area contributed by atoms with Crippen LogP contribution in [-0.4, -0.2) is 24.0 Å². The van der Waals surface area contributed by atoms with Gasteiger partial charge in [-0.25, -0.2) is 0 Å². The number of Topliss-reactive ketones (excluding diaryl/α,β-unsaturated/α-hetero) is 1. The number of ether oxygens (including phenoxy) is 1. The normalized spacial score (nSPS) is 37.8. The molecule has 0 aromatic rings. The van der Waals surface area contributed by atoms with E-state index in [4.69, 9.17) is 10.5 Å². The van der Waals surface area contributed by atoms with Gasteiger partial charge in [-0.2, -0.15) is 0 Å². The van der Waals surface area contributed by atoms with Gasteiger partial charge >= 0.3 is 0 Å². The Bertz CT molecular complexity index is 349. The summed E-state index contributed by atoms with van der Waals surface area (Å²) in [6, 6.07) is 0.104. The lowest BCUT2D eigenvalue weighted by Gasteiger charge is -2.39. The maximum atomic E-state index is 12.9. The van der Waals surface area contributed by atoms with E-state index in [0.29, 0.717) is 5.78 Å². The van der Waals surface area contributed by atoms with E-state index in [-0.39, 0.29) is 23.5 Å². The fourth-order valence-corrected chi connectivity index (χ4v) is 4.63. The molecule has 0 amide bonds. The van der Waals surface area contributed by atoms with Gasteiger partial charge in [-0.1, -0.05) is 32.1 Å². The molecule has 0 aromatic heterocycles. The van der Waals surface area contributed by atoms with E-state index in [1.165, 1.54) is 32.1 Å². The van der Waals surface area contributed by atoms with Gasteiger partial charge in [0, 0.05) is 24.5 Å². The highest BCUT2D eigenvalue weighted by Crippen LogP contribution is 2.43. The van der Waals surface area contributed by atoms with Crippen LogP contribution in [0.5, 0.6) is 0 Å². The first-order valence-electron chi connectivity index (χ1n) is 8.63. The Labute approximate surface area is 122 Å². The van der Waals surface area contributed by atoms with Crippen molar-refractivity contribution in [1.82, 2.24) is 0 Å². The van der Waals surface area contributed by atoms with Gasteiger partial charge in [-0.15, -0.1) is 0 Å². The Morgan fingerprint density at radius 3 is 2.55 bits per heavy atom. The molecule has 3 heteroatoms. The smallest absolute Gasteiger partial charge is 0.140 e. The molecule has 2 aliphatic carbocycles. The fourth-order valence-electron chi connectivity index (χ4n) is 4.63. The van der Waals surface area contributed by atoms with Gasteiger partial charge in [0.2, 0.25) is 0 Å². The van der Waals surface area contributed by atoms with Crippen LogP contribution in [0.2, 0.25) is 0 Å². The van der Waals surface area contributed by atoms with Gasteiger partial charge in [0.25, 0.3) is 0 Å². The zero-order chi connectivity index (χ0) is 14.0. The molecule has 3 aliphatic rings. The Hall–Kier alpha value is -0.410. The number of carbonyl (C=O) groups is 1. The number of carbonyl (C=O) groups excluding carboxylic acids is 1. The van der Waals surface area contributed by atoms with Crippen molar-refractivity contribution in [2.75, 3.05) is 6.61 Å². The summed E-state index contributed by atoms with van der Waals surface area (Å²) in [6.45, 7) is 0.776. The lowest BCUT2D eigenvalue weighted by Crippen LogP contribution is -2.44. The summed E-state index contributed by atoms with van der Waals surface area (Å²) in [5, 5.41) is 0. The van der Waals surface area contributed by atoms with Crippen molar-refractivity contribution < 1.29 is 9.53 Å². The molecule has 3 nitrogen and oxygen atoms in total. The third-order valence-corrected chi connectivity index (χ3v) is 5.84. The van der Waals surface area contributed by atoms with Gasteiger partial charge in [-0.05, 0) is 38.5 Å². The number of hydrogen-bond acceptors (Lipinski definition) is 3. The van der Waals surface area contributed by atoms with Crippen LogP contribution >= 0.6 is 0 Å². The van der Waals surface area contributed by atoms with Crippen molar-refractivity contribution in [2.45, 2.75) is 82.3 Å². The predicted molar refractivity (Wildman–Crippen MR) is 79.4 cm³/mol. The topological polar surface area (TPSA) is 52.3 Å². The molecule has 2 N–H and O–H groups in total. The molecule has 114 valence electrons. The average Bonchev–Trinajstić information content (AvgIpc) is 2.78. The SMILES string of the molecule is NC1CCCCCC1C(=O)C1CCOC2(CCCC2)C1. The summed E-state index contributed by atoms with van der Waals surface area (Å²) in [5.41, 5.74) is 6.33. The van der Waals surface area contributed by atoms with Crippen molar-refractivity contribution in [2.24, 2.45) is 17.6 Å². The van der Waals surface area contributed by atoms with Crippen LogP contribution in [0.15, 0.2) is 0 Å². The highest BCUT2D eigenvalue weighted by molar-refractivity contribution is 5.84. The second-order valence-electron chi connectivity index (χ2n) is 7.24. The second-order valence-corrected chi connectivity index (χ2v) is 7.24. The summed E-state index contributed by atoms with van der Waals surface area (Å²) in [5.74, 6) is 0.809. The Morgan fingerprint density at radius 2 is 1.75 bits per heavy atom. The van der Waals surface area contributed by atoms with E-state index in [1.807, 2.05) is 0 Å². The Morgan fingerprint density at radius 1 is 1.00 bits per heavy atom. The maximum absolute atomic E-state index is 12.9. The molecule has 3 atom stereocenters. The van der Waals surface area contributed by atoms with Crippen molar-refractivity contribution in [3.63, 3.8) is 0 Å². The minimum Gasteiger partial charge on any atom is -0.375 e. The van der Waals surface area contributed by atoms with Crippen LogP contribution in [-0.2, 0) is 9.53 Å². The molecule has 3 unspecified atom stereocenters. The summed E-state index contributed by atoms with van der Waals surface area (Å²) >= 11 is 0. The molecule has 0 bridgehead atoms. The van der Waals surface area contributed by atoms with Gasteiger partial charge < -0.3 is 10.5 Å². The minimum absolute atomic E-state index is 0.0490. The Kier molecular flexibility index (Phi) is 4.46.